The molecule has 1 aliphatic heterocycles. The maximum atomic E-state index is 11.5. The molecule has 1 saturated heterocycles. The first-order valence-electron chi connectivity index (χ1n) is 8.74. The molecule has 3 heterocycles. The van der Waals surface area contributed by atoms with Gasteiger partial charge in [0.2, 0.25) is 0 Å². The van der Waals surface area contributed by atoms with Gasteiger partial charge in [-0.2, -0.15) is 5.10 Å². The number of rotatable bonds is 3. The van der Waals surface area contributed by atoms with Crippen molar-refractivity contribution in [2.45, 2.75) is 45.6 Å². The molecule has 1 aromatic carbocycles. The molecule has 0 saturated carbocycles. The summed E-state index contributed by atoms with van der Waals surface area (Å²) in [6, 6.07) is 8.73. The lowest BCUT2D eigenvalue weighted by Gasteiger charge is -2.36. The van der Waals surface area contributed by atoms with Crippen LogP contribution in [0, 0.1) is 6.92 Å². The molecule has 0 bridgehead atoms. The molecule has 0 radical (unpaired) electrons. The molecule has 2 aromatic heterocycles. The van der Waals surface area contributed by atoms with Crippen molar-refractivity contribution in [2.75, 3.05) is 11.4 Å². The van der Waals surface area contributed by atoms with Gasteiger partial charge >= 0.3 is 0 Å². The third-order valence-corrected chi connectivity index (χ3v) is 5.15. The Morgan fingerprint density at radius 1 is 1.29 bits per heavy atom. The van der Waals surface area contributed by atoms with Crippen LogP contribution in [0.1, 0.15) is 48.7 Å². The Morgan fingerprint density at radius 3 is 2.92 bits per heavy atom. The fraction of sp³-hybridized carbons (Fsp3) is 0.421. The zero-order valence-electron chi connectivity index (χ0n) is 14.2. The van der Waals surface area contributed by atoms with Gasteiger partial charge in [-0.25, -0.2) is 9.50 Å². The summed E-state index contributed by atoms with van der Waals surface area (Å²) in [5.41, 5.74) is 2.99. The lowest BCUT2D eigenvalue weighted by Crippen LogP contribution is -2.39. The van der Waals surface area contributed by atoms with Crippen molar-refractivity contribution in [2.24, 2.45) is 0 Å². The van der Waals surface area contributed by atoms with Gasteiger partial charge in [0.05, 0.1) is 16.8 Å². The third kappa shape index (κ3) is 2.19. The van der Waals surface area contributed by atoms with Crippen molar-refractivity contribution in [3.8, 4) is 0 Å². The summed E-state index contributed by atoms with van der Waals surface area (Å²) in [4.78, 5) is 18.9. The van der Waals surface area contributed by atoms with E-state index in [1.807, 2.05) is 23.6 Å². The minimum Gasteiger partial charge on any atom is -0.353 e. The van der Waals surface area contributed by atoms with Crippen LogP contribution in [0.4, 0.5) is 5.82 Å². The number of fused-ring (bicyclic) bond motifs is 3. The molecular formula is C19H22N4O. The van der Waals surface area contributed by atoms with E-state index in [1.54, 1.807) is 0 Å². The first kappa shape index (κ1) is 15.1. The van der Waals surface area contributed by atoms with Gasteiger partial charge in [0, 0.05) is 18.0 Å². The summed E-state index contributed by atoms with van der Waals surface area (Å²) in [5, 5.41) is 5.64. The van der Waals surface area contributed by atoms with Crippen LogP contribution in [0.2, 0.25) is 0 Å². The highest BCUT2D eigenvalue weighted by molar-refractivity contribution is 5.95. The number of aromatic nitrogens is 3. The fourth-order valence-electron chi connectivity index (χ4n) is 3.87. The van der Waals surface area contributed by atoms with Gasteiger partial charge in [0.15, 0.2) is 11.9 Å². The summed E-state index contributed by atoms with van der Waals surface area (Å²) in [6.07, 6.45) is 5.66. The molecule has 0 aliphatic carbocycles. The highest BCUT2D eigenvalue weighted by atomic mass is 16.1. The second kappa shape index (κ2) is 5.89. The number of piperidine rings is 1. The Hall–Kier alpha value is -2.43. The highest BCUT2D eigenvalue weighted by Crippen LogP contribution is 2.32. The van der Waals surface area contributed by atoms with Gasteiger partial charge in [-0.05, 0) is 44.7 Å². The van der Waals surface area contributed by atoms with E-state index in [0.717, 1.165) is 41.7 Å². The molecule has 5 nitrogen and oxygen atoms in total. The van der Waals surface area contributed by atoms with E-state index in [0.29, 0.717) is 17.3 Å². The molecule has 4 rings (SSSR count). The molecule has 24 heavy (non-hydrogen) atoms. The first-order chi connectivity index (χ1) is 11.7. The molecule has 0 amide bonds. The van der Waals surface area contributed by atoms with Gasteiger partial charge in [0.1, 0.15) is 5.82 Å². The average Bonchev–Trinajstić information content (AvgIpc) is 2.96. The molecular weight excluding hydrogens is 300 g/mol. The van der Waals surface area contributed by atoms with Gasteiger partial charge in [-0.3, -0.25) is 4.79 Å². The number of carbonyl (C=O) groups excluding carboxylic acids is 1. The molecule has 1 fully saturated rings. The van der Waals surface area contributed by atoms with Crippen LogP contribution in [-0.2, 0) is 0 Å². The van der Waals surface area contributed by atoms with E-state index in [9.17, 15) is 4.79 Å². The van der Waals surface area contributed by atoms with E-state index in [1.165, 1.54) is 19.3 Å². The second-order valence-electron chi connectivity index (χ2n) is 6.56. The van der Waals surface area contributed by atoms with Gasteiger partial charge < -0.3 is 4.90 Å². The predicted octanol–water partition coefficient (Wildman–Crippen LogP) is 3.77. The number of aldehydes is 1. The topological polar surface area (TPSA) is 50.5 Å². The molecule has 124 valence electrons. The number of para-hydroxylation sites is 1. The minimum atomic E-state index is 0.515. The number of anilines is 1. The van der Waals surface area contributed by atoms with Crippen LogP contribution in [0.3, 0.4) is 0 Å². The Balaban J connectivity index is 2.04. The molecule has 0 unspecified atom stereocenters. The van der Waals surface area contributed by atoms with Gasteiger partial charge in [0.25, 0.3) is 0 Å². The molecule has 1 aliphatic rings. The van der Waals surface area contributed by atoms with Crippen LogP contribution in [-0.4, -0.2) is 33.5 Å². The maximum absolute atomic E-state index is 11.5. The van der Waals surface area contributed by atoms with Crippen LogP contribution in [0.15, 0.2) is 24.3 Å². The molecule has 0 N–H and O–H groups in total. The van der Waals surface area contributed by atoms with E-state index in [4.69, 9.17) is 4.98 Å². The smallest absolute Gasteiger partial charge is 0.168 e. The van der Waals surface area contributed by atoms with Crippen molar-refractivity contribution < 1.29 is 4.79 Å². The Bertz CT molecular complexity index is 915. The predicted molar refractivity (Wildman–Crippen MR) is 95.9 cm³/mol. The average molecular weight is 322 g/mol. The van der Waals surface area contributed by atoms with E-state index >= 15 is 0 Å². The van der Waals surface area contributed by atoms with E-state index in [2.05, 4.69) is 29.1 Å². The second-order valence-corrected chi connectivity index (χ2v) is 6.56. The van der Waals surface area contributed by atoms with E-state index < -0.39 is 0 Å². The molecule has 1 atom stereocenters. The van der Waals surface area contributed by atoms with Crippen molar-refractivity contribution >= 4 is 28.7 Å². The van der Waals surface area contributed by atoms with Crippen LogP contribution >= 0.6 is 0 Å². The quantitative estimate of drug-likeness (QED) is 0.689. The highest BCUT2D eigenvalue weighted by Gasteiger charge is 2.25. The monoisotopic (exact) mass is 322 g/mol. The number of aryl methyl sites for hydroxylation is 1. The van der Waals surface area contributed by atoms with Crippen LogP contribution < -0.4 is 4.90 Å². The normalized spacial score (nSPS) is 18.4. The number of hydrogen-bond donors (Lipinski definition) is 0. The van der Waals surface area contributed by atoms with Crippen molar-refractivity contribution in [1.82, 2.24) is 14.6 Å². The Morgan fingerprint density at radius 2 is 2.12 bits per heavy atom. The summed E-state index contributed by atoms with van der Waals surface area (Å²) in [6.45, 7) is 5.13. The standard InChI is InChI=1S/C19H22N4O/c1-3-14-8-6-7-11-22(14)18-15-9-4-5-10-17(15)23-19(20-18)16(12-24)13(2)21-23/h4-5,9-10,12,14H,3,6-8,11H2,1-2H3/t14-/m0/s1. The lowest BCUT2D eigenvalue weighted by atomic mass is 9.99. The summed E-state index contributed by atoms with van der Waals surface area (Å²) in [7, 11) is 0. The summed E-state index contributed by atoms with van der Waals surface area (Å²) in [5.74, 6) is 0.993. The van der Waals surface area contributed by atoms with Crippen molar-refractivity contribution in [3.05, 3.63) is 35.5 Å². The van der Waals surface area contributed by atoms with Crippen molar-refractivity contribution in [1.29, 1.82) is 0 Å². The van der Waals surface area contributed by atoms with Gasteiger partial charge in [-0.15, -0.1) is 0 Å². The summed E-state index contributed by atoms with van der Waals surface area (Å²) < 4.78 is 1.81. The minimum absolute atomic E-state index is 0.515. The largest absolute Gasteiger partial charge is 0.353 e. The zero-order valence-corrected chi connectivity index (χ0v) is 14.2. The number of benzene rings is 1. The third-order valence-electron chi connectivity index (χ3n) is 5.15. The van der Waals surface area contributed by atoms with E-state index in [-0.39, 0.29) is 0 Å². The number of nitrogens with zero attached hydrogens (tertiary/aromatic N) is 4. The lowest BCUT2D eigenvalue weighted by molar-refractivity contribution is 0.112. The fourth-order valence-corrected chi connectivity index (χ4v) is 3.87. The first-order valence-corrected chi connectivity index (χ1v) is 8.74. The van der Waals surface area contributed by atoms with Crippen LogP contribution in [0.25, 0.3) is 16.6 Å². The number of carbonyl (C=O) groups is 1. The van der Waals surface area contributed by atoms with Gasteiger partial charge in [-0.1, -0.05) is 19.1 Å². The maximum Gasteiger partial charge on any atom is 0.168 e. The molecule has 5 heteroatoms. The Labute approximate surface area is 141 Å². The number of hydrogen-bond acceptors (Lipinski definition) is 4. The summed E-state index contributed by atoms with van der Waals surface area (Å²) >= 11 is 0. The molecule has 3 aromatic rings. The molecule has 0 spiro atoms. The zero-order chi connectivity index (χ0) is 16.7. The SMILES string of the molecule is CC[C@H]1CCCCN1c1nc2c(C=O)c(C)nn2c2ccccc12. The Kier molecular flexibility index (Phi) is 3.71. The van der Waals surface area contributed by atoms with Crippen LogP contribution in [0.5, 0.6) is 0 Å². The van der Waals surface area contributed by atoms with Crippen molar-refractivity contribution in [3.63, 3.8) is 0 Å².